The quantitative estimate of drug-likeness (QED) is 0.837. The summed E-state index contributed by atoms with van der Waals surface area (Å²) < 4.78 is 0. The Kier molecular flexibility index (Phi) is 2.90. The van der Waals surface area contributed by atoms with Crippen LogP contribution in [0.2, 0.25) is 0 Å². The normalized spacial score (nSPS) is 22.3. The minimum atomic E-state index is -0.937. The Morgan fingerprint density at radius 3 is 2.14 bits per heavy atom. The van der Waals surface area contributed by atoms with E-state index in [9.17, 15) is 19.8 Å². The average Bonchev–Trinajstić information content (AvgIpc) is 2.40. The molecule has 3 aliphatic carbocycles. The fourth-order valence-electron chi connectivity index (χ4n) is 4.24. The molecule has 0 fully saturated rings. The van der Waals surface area contributed by atoms with Crippen LogP contribution in [0, 0.1) is 0 Å². The lowest BCUT2D eigenvalue weighted by Gasteiger charge is -2.36. The zero-order valence-electron chi connectivity index (χ0n) is 12.3. The Labute approximate surface area is 128 Å². The monoisotopic (exact) mass is 298 g/mol. The molecule has 2 N–H and O–H groups in total. The molecule has 4 heteroatoms. The highest BCUT2D eigenvalue weighted by Crippen LogP contribution is 2.47. The largest absolute Gasteiger partial charge is 0.478 e. The third-order valence-corrected chi connectivity index (χ3v) is 5.60. The van der Waals surface area contributed by atoms with Crippen LogP contribution in [0.15, 0.2) is 17.2 Å². The predicted octanol–water partition coefficient (Wildman–Crippen LogP) is 3.54. The van der Waals surface area contributed by atoms with Crippen LogP contribution >= 0.6 is 0 Å². The Morgan fingerprint density at radius 2 is 1.64 bits per heavy atom. The molecule has 0 heterocycles. The first kappa shape index (κ1) is 13.6. The maximum atomic E-state index is 11.8. The van der Waals surface area contributed by atoms with Crippen molar-refractivity contribution in [3.8, 4) is 0 Å². The Bertz CT molecular complexity index is 742. The van der Waals surface area contributed by atoms with Gasteiger partial charge in [-0.2, -0.15) is 0 Å². The van der Waals surface area contributed by atoms with Crippen molar-refractivity contribution in [3.05, 3.63) is 45.0 Å². The van der Waals surface area contributed by atoms with Gasteiger partial charge in [-0.3, -0.25) is 0 Å². The van der Waals surface area contributed by atoms with Gasteiger partial charge in [0.15, 0.2) is 0 Å². The van der Waals surface area contributed by atoms with Gasteiger partial charge < -0.3 is 10.2 Å². The van der Waals surface area contributed by atoms with Crippen molar-refractivity contribution < 1.29 is 19.8 Å². The molecule has 1 aromatic rings. The summed E-state index contributed by atoms with van der Waals surface area (Å²) >= 11 is 0. The molecule has 0 saturated carbocycles. The lowest BCUT2D eigenvalue weighted by molar-refractivity contribution is 0.0675. The van der Waals surface area contributed by atoms with Crippen molar-refractivity contribution in [1.29, 1.82) is 0 Å². The van der Waals surface area contributed by atoms with Gasteiger partial charge in [0.05, 0.1) is 11.1 Å². The topological polar surface area (TPSA) is 74.6 Å². The number of hydrogen-bond donors (Lipinski definition) is 2. The fourth-order valence-corrected chi connectivity index (χ4v) is 4.24. The molecule has 0 radical (unpaired) electrons. The van der Waals surface area contributed by atoms with Crippen LogP contribution in [-0.2, 0) is 12.8 Å². The first-order valence-corrected chi connectivity index (χ1v) is 7.91. The minimum absolute atomic E-state index is 0.161. The Hall–Kier alpha value is -2.10. The zero-order valence-corrected chi connectivity index (χ0v) is 12.3. The van der Waals surface area contributed by atoms with Crippen LogP contribution in [0.25, 0.3) is 0 Å². The fraction of sp³-hybridized carbons (Fsp3) is 0.444. The standard InChI is InChI=1S/C18H18O4/c19-17(20)15-8-14(11-4-2-9-1-3-10(9)7-11)16(18(21)22)13-6-5-12(13)15/h8,11H,1-7H2,(H,19,20)(H,21,22). The van der Waals surface area contributed by atoms with E-state index >= 15 is 0 Å². The van der Waals surface area contributed by atoms with Crippen LogP contribution in [0.5, 0.6) is 0 Å². The van der Waals surface area contributed by atoms with Crippen molar-refractivity contribution in [2.75, 3.05) is 0 Å². The maximum Gasteiger partial charge on any atom is 0.336 e. The van der Waals surface area contributed by atoms with E-state index in [4.69, 9.17) is 0 Å². The second-order valence-corrected chi connectivity index (χ2v) is 6.60. The van der Waals surface area contributed by atoms with Crippen molar-refractivity contribution >= 4 is 11.9 Å². The molecule has 0 saturated heterocycles. The van der Waals surface area contributed by atoms with Gasteiger partial charge in [0, 0.05) is 0 Å². The van der Waals surface area contributed by atoms with Gasteiger partial charge in [-0.25, -0.2) is 9.59 Å². The van der Waals surface area contributed by atoms with Crippen molar-refractivity contribution in [2.24, 2.45) is 0 Å². The van der Waals surface area contributed by atoms with Crippen molar-refractivity contribution in [3.63, 3.8) is 0 Å². The second-order valence-electron chi connectivity index (χ2n) is 6.60. The Morgan fingerprint density at radius 1 is 0.909 bits per heavy atom. The third kappa shape index (κ3) is 1.83. The molecule has 4 nitrogen and oxygen atoms in total. The van der Waals surface area contributed by atoms with Gasteiger partial charge in [0.2, 0.25) is 0 Å². The van der Waals surface area contributed by atoms with Crippen molar-refractivity contribution in [1.82, 2.24) is 0 Å². The first-order chi connectivity index (χ1) is 10.6. The van der Waals surface area contributed by atoms with Gasteiger partial charge in [-0.1, -0.05) is 11.1 Å². The molecular formula is C18H18O4. The number of carbonyl (C=O) groups is 2. The molecule has 114 valence electrons. The molecule has 0 bridgehead atoms. The lowest BCUT2D eigenvalue weighted by Crippen LogP contribution is -2.25. The minimum Gasteiger partial charge on any atom is -0.478 e. The summed E-state index contributed by atoms with van der Waals surface area (Å²) in [5, 5.41) is 19.1. The SMILES string of the molecule is O=C(O)c1cc(C2CCC3=C(CC3)C2)c(C(=O)O)c2c1CC2. The number of carboxylic acids is 2. The molecule has 0 amide bonds. The summed E-state index contributed by atoms with van der Waals surface area (Å²) in [7, 11) is 0. The van der Waals surface area contributed by atoms with Crippen LogP contribution in [-0.4, -0.2) is 22.2 Å². The molecule has 1 atom stereocenters. The summed E-state index contributed by atoms with van der Waals surface area (Å²) in [6.07, 6.45) is 6.58. The van der Waals surface area contributed by atoms with E-state index in [1.807, 2.05) is 0 Å². The number of allylic oxidation sites excluding steroid dienone is 2. The van der Waals surface area contributed by atoms with Gasteiger partial charge in [0.1, 0.15) is 0 Å². The van der Waals surface area contributed by atoms with Gasteiger partial charge in [-0.05, 0) is 73.6 Å². The van der Waals surface area contributed by atoms with Crippen LogP contribution in [0.4, 0.5) is 0 Å². The zero-order chi connectivity index (χ0) is 15.4. The van der Waals surface area contributed by atoms with Gasteiger partial charge in [-0.15, -0.1) is 0 Å². The average molecular weight is 298 g/mol. The highest BCUT2D eigenvalue weighted by Gasteiger charge is 2.34. The molecule has 22 heavy (non-hydrogen) atoms. The smallest absolute Gasteiger partial charge is 0.336 e. The Balaban J connectivity index is 1.84. The molecular weight excluding hydrogens is 280 g/mol. The second kappa shape index (κ2) is 4.70. The summed E-state index contributed by atoms with van der Waals surface area (Å²) in [5.74, 6) is -1.68. The maximum absolute atomic E-state index is 11.8. The number of hydrogen-bond acceptors (Lipinski definition) is 2. The molecule has 4 rings (SSSR count). The van der Waals surface area contributed by atoms with Gasteiger partial charge >= 0.3 is 11.9 Å². The summed E-state index contributed by atoms with van der Waals surface area (Å²) in [6.45, 7) is 0. The predicted molar refractivity (Wildman–Crippen MR) is 80.6 cm³/mol. The van der Waals surface area contributed by atoms with E-state index in [1.165, 1.54) is 12.0 Å². The third-order valence-electron chi connectivity index (χ3n) is 5.60. The van der Waals surface area contributed by atoms with E-state index in [0.717, 1.165) is 42.4 Å². The first-order valence-electron chi connectivity index (χ1n) is 7.91. The molecule has 1 unspecified atom stereocenters. The number of rotatable bonds is 3. The van der Waals surface area contributed by atoms with Crippen molar-refractivity contribution in [2.45, 2.75) is 50.9 Å². The van der Waals surface area contributed by atoms with E-state index in [1.54, 1.807) is 11.6 Å². The lowest BCUT2D eigenvalue weighted by atomic mass is 9.69. The van der Waals surface area contributed by atoms with E-state index in [-0.39, 0.29) is 5.92 Å². The summed E-state index contributed by atoms with van der Waals surface area (Å²) in [4.78, 5) is 23.2. The number of carboxylic acid groups (broad SMARTS) is 2. The molecule has 0 aliphatic heterocycles. The van der Waals surface area contributed by atoms with Gasteiger partial charge in [0.25, 0.3) is 0 Å². The summed E-state index contributed by atoms with van der Waals surface area (Å²) in [6, 6.07) is 1.65. The van der Waals surface area contributed by atoms with E-state index < -0.39 is 11.9 Å². The molecule has 0 spiro atoms. The highest BCUT2D eigenvalue weighted by molar-refractivity contribution is 5.97. The molecule has 1 aromatic carbocycles. The molecule has 3 aliphatic rings. The van der Waals surface area contributed by atoms with E-state index in [0.29, 0.717) is 24.0 Å². The van der Waals surface area contributed by atoms with Crippen LogP contribution < -0.4 is 0 Å². The number of aromatic carboxylic acids is 2. The molecule has 0 aromatic heterocycles. The van der Waals surface area contributed by atoms with E-state index in [2.05, 4.69) is 0 Å². The van der Waals surface area contributed by atoms with Crippen LogP contribution in [0.1, 0.15) is 75.4 Å². The number of benzene rings is 1. The number of fused-ring (bicyclic) bond motifs is 1. The summed E-state index contributed by atoms with van der Waals surface area (Å²) in [5.41, 5.74) is 5.97. The highest BCUT2D eigenvalue weighted by atomic mass is 16.4. The van der Waals surface area contributed by atoms with Crippen LogP contribution in [0.3, 0.4) is 0 Å².